The summed E-state index contributed by atoms with van der Waals surface area (Å²) in [4.78, 5) is 12.2. The van der Waals surface area contributed by atoms with Crippen molar-refractivity contribution in [3.8, 4) is 11.5 Å². The maximum atomic E-state index is 12.2. The van der Waals surface area contributed by atoms with E-state index < -0.39 is 0 Å². The van der Waals surface area contributed by atoms with Gasteiger partial charge in [0.25, 0.3) is 0 Å². The summed E-state index contributed by atoms with van der Waals surface area (Å²) in [5.74, 6) is 3.25. The molecular formula is C20H25NO3S. The van der Waals surface area contributed by atoms with Gasteiger partial charge in [-0.15, -0.1) is 0 Å². The molecule has 2 aromatic rings. The SMILES string of the molecule is COc1ccc(OC)c([C@@H](C)NC(=O)CCSCc2ccccc2)c1. The Morgan fingerprint density at radius 2 is 1.88 bits per heavy atom. The molecular weight excluding hydrogens is 334 g/mol. The Morgan fingerprint density at radius 3 is 2.56 bits per heavy atom. The summed E-state index contributed by atoms with van der Waals surface area (Å²) in [6.45, 7) is 1.95. The quantitative estimate of drug-likeness (QED) is 0.682. The first kappa shape index (κ1) is 19.2. The first-order valence-electron chi connectivity index (χ1n) is 8.27. The van der Waals surface area contributed by atoms with Gasteiger partial charge in [0.1, 0.15) is 11.5 Å². The van der Waals surface area contributed by atoms with Gasteiger partial charge in [0.2, 0.25) is 5.91 Å². The van der Waals surface area contributed by atoms with E-state index in [0.717, 1.165) is 28.6 Å². The van der Waals surface area contributed by atoms with E-state index in [1.165, 1.54) is 5.56 Å². The van der Waals surface area contributed by atoms with Crippen LogP contribution in [0.2, 0.25) is 0 Å². The highest BCUT2D eigenvalue weighted by Gasteiger charge is 2.15. The molecule has 0 saturated heterocycles. The second-order valence-corrected chi connectivity index (χ2v) is 6.79. The molecule has 134 valence electrons. The van der Waals surface area contributed by atoms with Crippen molar-refractivity contribution in [2.24, 2.45) is 0 Å². The third-order valence-electron chi connectivity index (χ3n) is 3.87. The van der Waals surface area contributed by atoms with Crippen molar-refractivity contribution in [2.75, 3.05) is 20.0 Å². The summed E-state index contributed by atoms with van der Waals surface area (Å²) in [5.41, 5.74) is 2.19. The van der Waals surface area contributed by atoms with E-state index in [0.29, 0.717) is 6.42 Å². The lowest BCUT2D eigenvalue weighted by Gasteiger charge is -2.18. The molecule has 0 bridgehead atoms. The number of amides is 1. The molecule has 0 spiro atoms. The molecule has 0 heterocycles. The van der Waals surface area contributed by atoms with Crippen LogP contribution in [0, 0.1) is 0 Å². The smallest absolute Gasteiger partial charge is 0.221 e. The van der Waals surface area contributed by atoms with E-state index in [1.807, 2.05) is 43.3 Å². The van der Waals surface area contributed by atoms with Crippen molar-refractivity contribution in [3.63, 3.8) is 0 Å². The molecule has 0 saturated carbocycles. The molecule has 0 unspecified atom stereocenters. The zero-order chi connectivity index (χ0) is 18.1. The molecule has 1 N–H and O–H groups in total. The van der Waals surface area contributed by atoms with Gasteiger partial charge >= 0.3 is 0 Å². The number of nitrogens with one attached hydrogen (secondary N) is 1. The zero-order valence-corrected chi connectivity index (χ0v) is 15.8. The third-order valence-corrected chi connectivity index (χ3v) is 4.90. The summed E-state index contributed by atoms with van der Waals surface area (Å²) in [6.07, 6.45) is 0.494. The van der Waals surface area contributed by atoms with Gasteiger partial charge in [0, 0.05) is 23.5 Å². The van der Waals surface area contributed by atoms with Crippen molar-refractivity contribution in [3.05, 3.63) is 59.7 Å². The fraction of sp³-hybridized carbons (Fsp3) is 0.350. The van der Waals surface area contributed by atoms with Crippen LogP contribution >= 0.6 is 11.8 Å². The van der Waals surface area contributed by atoms with Gasteiger partial charge in [0.15, 0.2) is 0 Å². The molecule has 0 radical (unpaired) electrons. The second kappa shape index (κ2) is 9.99. The van der Waals surface area contributed by atoms with Crippen LogP contribution in [0.1, 0.15) is 30.5 Å². The third kappa shape index (κ3) is 6.02. The van der Waals surface area contributed by atoms with E-state index in [1.54, 1.807) is 26.0 Å². The average Bonchev–Trinajstić information content (AvgIpc) is 2.65. The molecule has 1 amide bonds. The fourth-order valence-electron chi connectivity index (χ4n) is 2.50. The van der Waals surface area contributed by atoms with Crippen molar-refractivity contribution in [1.29, 1.82) is 0 Å². The number of rotatable bonds is 9. The molecule has 1 atom stereocenters. The van der Waals surface area contributed by atoms with Gasteiger partial charge < -0.3 is 14.8 Å². The molecule has 0 aliphatic rings. The molecule has 0 fully saturated rings. The van der Waals surface area contributed by atoms with Crippen molar-refractivity contribution in [2.45, 2.75) is 25.1 Å². The van der Waals surface area contributed by atoms with E-state index in [2.05, 4.69) is 17.4 Å². The van der Waals surface area contributed by atoms with Gasteiger partial charge in [-0.25, -0.2) is 0 Å². The average molecular weight is 359 g/mol. The molecule has 0 aromatic heterocycles. The first-order valence-corrected chi connectivity index (χ1v) is 9.42. The van der Waals surface area contributed by atoms with Crippen LogP contribution in [-0.4, -0.2) is 25.9 Å². The Balaban J connectivity index is 1.81. The highest BCUT2D eigenvalue weighted by molar-refractivity contribution is 7.98. The minimum absolute atomic E-state index is 0.0398. The van der Waals surface area contributed by atoms with Gasteiger partial charge in [-0.05, 0) is 30.7 Å². The van der Waals surface area contributed by atoms with Crippen LogP contribution in [0.3, 0.4) is 0 Å². The molecule has 0 aliphatic carbocycles. The highest BCUT2D eigenvalue weighted by atomic mass is 32.2. The Morgan fingerprint density at radius 1 is 1.12 bits per heavy atom. The summed E-state index contributed by atoms with van der Waals surface area (Å²) < 4.78 is 10.6. The number of thioether (sulfide) groups is 1. The number of benzene rings is 2. The van der Waals surface area contributed by atoms with Crippen LogP contribution in [0.15, 0.2) is 48.5 Å². The number of methoxy groups -OCH3 is 2. The van der Waals surface area contributed by atoms with Crippen LogP contribution in [0.5, 0.6) is 11.5 Å². The minimum Gasteiger partial charge on any atom is -0.497 e. The minimum atomic E-state index is -0.142. The molecule has 2 aromatic carbocycles. The summed E-state index contributed by atoms with van der Waals surface area (Å²) >= 11 is 1.77. The number of hydrogen-bond donors (Lipinski definition) is 1. The molecule has 5 heteroatoms. The maximum Gasteiger partial charge on any atom is 0.221 e. The van der Waals surface area contributed by atoms with Gasteiger partial charge in [-0.3, -0.25) is 4.79 Å². The Hall–Kier alpha value is -2.14. The molecule has 4 nitrogen and oxygen atoms in total. The second-order valence-electron chi connectivity index (χ2n) is 5.69. The predicted octanol–water partition coefficient (Wildman–Crippen LogP) is 4.20. The lowest BCUT2D eigenvalue weighted by Crippen LogP contribution is -2.27. The van der Waals surface area contributed by atoms with E-state index in [9.17, 15) is 4.79 Å². The molecule has 2 rings (SSSR count). The molecule has 0 aliphatic heterocycles. The van der Waals surface area contributed by atoms with Crippen molar-refractivity contribution < 1.29 is 14.3 Å². The lowest BCUT2D eigenvalue weighted by atomic mass is 10.1. The van der Waals surface area contributed by atoms with E-state index in [-0.39, 0.29) is 11.9 Å². The van der Waals surface area contributed by atoms with Crippen LogP contribution in [0.4, 0.5) is 0 Å². The normalized spacial score (nSPS) is 11.6. The Labute approximate surface area is 153 Å². The topological polar surface area (TPSA) is 47.6 Å². The first-order chi connectivity index (χ1) is 12.1. The van der Waals surface area contributed by atoms with Gasteiger partial charge in [-0.1, -0.05) is 30.3 Å². The highest BCUT2D eigenvalue weighted by Crippen LogP contribution is 2.29. The summed E-state index contributed by atoms with van der Waals surface area (Å²) in [6, 6.07) is 15.7. The number of carbonyl (C=O) groups is 1. The van der Waals surface area contributed by atoms with Crippen molar-refractivity contribution >= 4 is 17.7 Å². The number of hydrogen-bond acceptors (Lipinski definition) is 4. The van der Waals surface area contributed by atoms with E-state index in [4.69, 9.17) is 9.47 Å². The molecule has 25 heavy (non-hydrogen) atoms. The monoisotopic (exact) mass is 359 g/mol. The standard InChI is InChI=1S/C20H25NO3S/c1-15(18-13-17(23-2)9-10-19(18)24-3)21-20(22)11-12-25-14-16-7-5-4-6-8-16/h4-10,13,15H,11-12,14H2,1-3H3,(H,21,22)/t15-/m1/s1. The largest absolute Gasteiger partial charge is 0.497 e. The Bertz CT molecular complexity index is 676. The number of ether oxygens (including phenoxy) is 2. The maximum absolute atomic E-state index is 12.2. The summed E-state index contributed by atoms with van der Waals surface area (Å²) in [5, 5.41) is 3.03. The van der Waals surface area contributed by atoms with E-state index >= 15 is 0 Å². The number of carbonyl (C=O) groups excluding carboxylic acids is 1. The van der Waals surface area contributed by atoms with Gasteiger partial charge in [0.05, 0.1) is 20.3 Å². The van der Waals surface area contributed by atoms with Crippen LogP contribution in [0.25, 0.3) is 0 Å². The van der Waals surface area contributed by atoms with Crippen LogP contribution in [-0.2, 0) is 10.5 Å². The fourth-order valence-corrected chi connectivity index (χ4v) is 3.40. The van der Waals surface area contributed by atoms with Gasteiger partial charge in [-0.2, -0.15) is 11.8 Å². The predicted molar refractivity (Wildman–Crippen MR) is 103 cm³/mol. The van der Waals surface area contributed by atoms with Crippen LogP contribution < -0.4 is 14.8 Å². The zero-order valence-electron chi connectivity index (χ0n) is 15.0. The Kier molecular flexibility index (Phi) is 7.67. The van der Waals surface area contributed by atoms with Crippen molar-refractivity contribution in [1.82, 2.24) is 5.32 Å². The summed E-state index contributed by atoms with van der Waals surface area (Å²) in [7, 11) is 3.25. The lowest BCUT2D eigenvalue weighted by molar-refractivity contribution is -0.121.